The summed E-state index contributed by atoms with van der Waals surface area (Å²) in [5.41, 5.74) is 0. The fraction of sp³-hybridized carbons (Fsp3) is 0.846. The molecule has 2 amide bonds. The highest BCUT2D eigenvalue weighted by Gasteiger charge is 2.21. The van der Waals surface area contributed by atoms with Crippen LogP contribution in [0.1, 0.15) is 19.8 Å². The predicted molar refractivity (Wildman–Crippen MR) is 80.0 cm³/mol. The van der Waals surface area contributed by atoms with Gasteiger partial charge >= 0.3 is 0 Å². The Kier molecular flexibility index (Phi) is 7.26. The van der Waals surface area contributed by atoms with Crippen LogP contribution in [-0.4, -0.2) is 73.5 Å². The standard InChI is InChI=1S/C13H24N4O2.ClH/c1-11-8-14-4-7-17(11)10-12(18)15-9-13(19)16-5-2-3-6-16;/h11,14H,2-10H2,1H3,(H,15,18);1H/t11-;/m0./s1. The first-order chi connectivity index (χ1) is 9.16. The molecule has 0 aromatic heterocycles. The van der Waals surface area contributed by atoms with Crippen molar-refractivity contribution in [3.8, 4) is 0 Å². The summed E-state index contributed by atoms with van der Waals surface area (Å²) in [6.45, 7) is 7.02. The zero-order valence-corrected chi connectivity index (χ0v) is 12.9. The van der Waals surface area contributed by atoms with Crippen LogP contribution in [0.15, 0.2) is 0 Å². The molecule has 2 N–H and O–H groups in total. The summed E-state index contributed by atoms with van der Waals surface area (Å²) in [5, 5.41) is 6.03. The van der Waals surface area contributed by atoms with Gasteiger partial charge in [-0.2, -0.15) is 0 Å². The molecule has 6 nitrogen and oxygen atoms in total. The van der Waals surface area contributed by atoms with Gasteiger partial charge in [0.2, 0.25) is 11.8 Å². The number of hydrogen-bond acceptors (Lipinski definition) is 4. The summed E-state index contributed by atoms with van der Waals surface area (Å²) in [5.74, 6) is -0.0134. The Morgan fingerprint density at radius 2 is 1.95 bits per heavy atom. The Labute approximate surface area is 126 Å². The lowest BCUT2D eigenvalue weighted by Crippen LogP contribution is -2.53. The van der Waals surface area contributed by atoms with Crippen LogP contribution >= 0.6 is 12.4 Å². The third kappa shape index (κ3) is 4.92. The topological polar surface area (TPSA) is 64.7 Å². The highest BCUT2D eigenvalue weighted by molar-refractivity contribution is 5.86. The molecule has 2 saturated heterocycles. The number of halogens is 1. The fourth-order valence-corrected chi connectivity index (χ4v) is 2.61. The Hall–Kier alpha value is -0.850. The summed E-state index contributed by atoms with van der Waals surface area (Å²) in [6.07, 6.45) is 2.16. The Balaban J connectivity index is 0.00000200. The lowest BCUT2D eigenvalue weighted by atomic mass is 10.2. The molecule has 2 fully saturated rings. The van der Waals surface area contributed by atoms with Gasteiger partial charge in [0.25, 0.3) is 0 Å². The van der Waals surface area contributed by atoms with Gasteiger partial charge in [0.1, 0.15) is 0 Å². The zero-order chi connectivity index (χ0) is 13.7. The van der Waals surface area contributed by atoms with Crippen molar-refractivity contribution >= 4 is 24.2 Å². The first kappa shape index (κ1) is 17.2. The van der Waals surface area contributed by atoms with Crippen LogP contribution in [0.3, 0.4) is 0 Å². The van der Waals surface area contributed by atoms with Crippen molar-refractivity contribution in [2.24, 2.45) is 0 Å². The molecular weight excluding hydrogens is 280 g/mol. The Morgan fingerprint density at radius 1 is 1.25 bits per heavy atom. The highest BCUT2D eigenvalue weighted by Crippen LogP contribution is 2.06. The first-order valence-electron chi connectivity index (χ1n) is 7.16. The molecule has 2 aliphatic rings. The molecule has 0 radical (unpaired) electrons. The number of carbonyl (C=O) groups is 2. The van der Waals surface area contributed by atoms with Crippen LogP contribution in [-0.2, 0) is 9.59 Å². The van der Waals surface area contributed by atoms with Crippen molar-refractivity contribution in [3.63, 3.8) is 0 Å². The number of nitrogens with one attached hydrogen (secondary N) is 2. The van der Waals surface area contributed by atoms with Gasteiger partial charge in [0, 0.05) is 38.8 Å². The normalized spacial score (nSPS) is 23.2. The van der Waals surface area contributed by atoms with Crippen molar-refractivity contribution in [1.29, 1.82) is 0 Å². The van der Waals surface area contributed by atoms with E-state index in [4.69, 9.17) is 0 Å². The molecule has 116 valence electrons. The minimum absolute atomic E-state index is 0. The lowest BCUT2D eigenvalue weighted by molar-refractivity contribution is -0.132. The molecule has 1 atom stereocenters. The number of rotatable bonds is 4. The van der Waals surface area contributed by atoms with Crippen molar-refractivity contribution < 1.29 is 9.59 Å². The summed E-state index contributed by atoms with van der Waals surface area (Å²) >= 11 is 0. The van der Waals surface area contributed by atoms with Crippen molar-refractivity contribution in [2.45, 2.75) is 25.8 Å². The van der Waals surface area contributed by atoms with E-state index in [0.717, 1.165) is 45.6 Å². The van der Waals surface area contributed by atoms with E-state index in [0.29, 0.717) is 12.6 Å². The number of hydrogen-bond donors (Lipinski definition) is 2. The molecule has 2 heterocycles. The molecule has 0 aliphatic carbocycles. The van der Waals surface area contributed by atoms with Gasteiger partial charge in [0.15, 0.2) is 0 Å². The Morgan fingerprint density at radius 3 is 2.60 bits per heavy atom. The first-order valence-corrected chi connectivity index (χ1v) is 7.16. The van der Waals surface area contributed by atoms with E-state index >= 15 is 0 Å². The highest BCUT2D eigenvalue weighted by atomic mass is 35.5. The number of nitrogens with zero attached hydrogens (tertiary/aromatic N) is 2. The SMILES string of the molecule is C[C@H]1CNCCN1CC(=O)NCC(=O)N1CCCC1.Cl. The number of likely N-dealkylation sites (tertiary alicyclic amines) is 1. The summed E-state index contributed by atoms with van der Waals surface area (Å²) in [6, 6.07) is 0.369. The monoisotopic (exact) mass is 304 g/mol. The molecule has 0 bridgehead atoms. The maximum atomic E-state index is 11.8. The third-order valence-corrected chi connectivity index (χ3v) is 3.88. The van der Waals surface area contributed by atoms with E-state index in [1.54, 1.807) is 0 Å². The van der Waals surface area contributed by atoms with E-state index < -0.39 is 0 Å². The molecule has 2 rings (SSSR count). The zero-order valence-electron chi connectivity index (χ0n) is 12.1. The van der Waals surface area contributed by atoms with Gasteiger partial charge in [-0.05, 0) is 19.8 Å². The second kappa shape index (κ2) is 8.44. The van der Waals surface area contributed by atoms with Gasteiger partial charge in [-0.3, -0.25) is 14.5 Å². The summed E-state index contributed by atoms with van der Waals surface area (Å²) in [4.78, 5) is 27.6. The fourth-order valence-electron chi connectivity index (χ4n) is 2.61. The molecule has 20 heavy (non-hydrogen) atoms. The van der Waals surface area contributed by atoms with Crippen molar-refractivity contribution in [3.05, 3.63) is 0 Å². The minimum atomic E-state index is -0.0544. The Bertz CT molecular complexity index is 334. The van der Waals surface area contributed by atoms with Crippen LogP contribution in [0.5, 0.6) is 0 Å². The van der Waals surface area contributed by atoms with Gasteiger partial charge in [-0.1, -0.05) is 0 Å². The number of piperazine rings is 1. The van der Waals surface area contributed by atoms with E-state index in [1.807, 2.05) is 4.90 Å². The lowest BCUT2D eigenvalue weighted by Gasteiger charge is -2.33. The molecule has 0 spiro atoms. The third-order valence-electron chi connectivity index (χ3n) is 3.88. The summed E-state index contributed by atoms with van der Waals surface area (Å²) in [7, 11) is 0. The molecule has 2 aliphatic heterocycles. The van der Waals surface area contributed by atoms with E-state index in [-0.39, 0.29) is 30.8 Å². The molecule has 0 aromatic rings. The quantitative estimate of drug-likeness (QED) is 0.731. The van der Waals surface area contributed by atoms with Gasteiger partial charge in [0.05, 0.1) is 13.1 Å². The van der Waals surface area contributed by atoms with Crippen LogP contribution in [0.2, 0.25) is 0 Å². The number of carbonyl (C=O) groups excluding carboxylic acids is 2. The number of amides is 2. The second-order valence-corrected chi connectivity index (χ2v) is 5.39. The molecule has 0 aromatic carbocycles. The second-order valence-electron chi connectivity index (χ2n) is 5.39. The van der Waals surface area contributed by atoms with Crippen molar-refractivity contribution in [2.75, 3.05) is 45.8 Å². The van der Waals surface area contributed by atoms with Gasteiger partial charge < -0.3 is 15.5 Å². The summed E-state index contributed by atoms with van der Waals surface area (Å²) < 4.78 is 0. The van der Waals surface area contributed by atoms with E-state index in [1.165, 1.54) is 0 Å². The minimum Gasteiger partial charge on any atom is -0.346 e. The molecule has 7 heteroatoms. The van der Waals surface area contributed by atoms with E-state index in [2.05, 4.69) is 22.5 Å². The maximum absolute atomic E-state index is 11.8. The van der Waals surface area contributed by atoms with Gasteiger partial charge in [-0.15, -0.1) is 12.4 Å². The molecular formula is C13H25ClN4O2. The van der Waals surface area contributed by atoms with Crippen LogP contribution < -0.4 is 10.6 Å². The maximum Gasteiger partial charge on any atom is 0.241 e. The van der Waals surface area contributed by atoms with E-state index in [9.17, 15) is 9.59 Å². The largest absolute Gasteiger partial charge is 0.346 e. The van der Waals surface area contributed by atoms with Crippen LogP contribution in [0.25, 0.3) is 0 Å². The predicted octanol–water partition coefficient (Wildman–Crippen LogP) is -0.559. The van der Waals surface area contributed by atoms with Crippen molar-refractivity contribution in [1.82, 2.24) is 20.4 Å². The average Bonchev–Trinajstić information content (AvgIpc) is 2.93. The van der Waals surface area contributed by atoms with Crippen LogP contribution in [0, 0.1) is 0 Å². The molecule has 0 unspecified atom stereocenters. The van der Waals surface area contributed by atoms with Gasteiger partial charge in [-0.25, -0.2) is 0 Å². The smallest absolute Gasteiger partial charge is 0.241 e. The average molecular weight is 305 g/mol. The molecule has 0 saturated carbocycles. The van der Waals surface area contributed by atoms with Crippen LogP contribution in [0.4, 0.5) is 0 Å².